The van der Waals surface area contributed by atoms with Gasteiger partial charge >= 0.3 is 5.97 Å². The second-order valence-corrected chi connectivity index (χ2v) is 6.81. The molecule has 3 N–H and O–H groups in total. The fraction of sp³-hybridized carbons (Fsp3) is 0.562. The fourth-order valence-electron chi connectivity index (χ4n) is 2.79. The van der Waals surface area contributed by atoms with Crippen LogP contribution in [0.1, 0.15) is 37.1 Å². The summed E-state index contributed by atoms with van der Waals surface area (Å²) >= 11 is 1.44. The highest BCUT2D eigenvalue weighted by molar-refractivity contribution is 7.10. The first kappa shape index (κ1) is 18.4. The Bertz CT molecular complexity index is 569. The van der Waals surface area contributed by atoms with Crippen molar-refractivity contribution in [3.05, 3.63) is 22.4 Å². The molecular formula is C16H22N2O5S. The van der Waals surface area contributed by atoms with Gasteiger partial charge in [0.05, 0.1) is 19.1 Å². The standard InChI is InChI=1S/C16H22N2O5S/c1-10(19)17-12(13-5-3-7-24-13)8-14(20)18-15(16(21)22)11-4-2-6-23-9-11/h3,5,7,11-12,15H,2,4,6,8-9H2,1H3,(H,17,19)(H,18,20)(H,21,22). The van der Waals surface area contributed by atoms with Crippen molar-refractivity contribution in [1.29, 1.82) is 0 Å². The summed E-state index contributed by atoms with van der Waals surface area (Å²) in [6.07, 6.45) is 1.49. The van der Waals surface area contributed by atoms with E-state index in [1.807, 2.05) is 17.5 Å². The summed E-state index contributed by atoms with van der Waals surface area (Å²) in [5, 5.41) is 16.6. The van der Waals surface area contributed by atoms with Crippen LogP contribution in [0.25, 0.3) is 0 Å². The molecule has 132 valence electrons. The van der Waals surface area contributed by atoms with Crippen molar-refractivity contribution in [2.75, 3.05) is 13.2 Å². The topological polar surface area (TPSA) is 105 Å². The van der Waals surface area contributed by atoms with Crippen LogP contribution in [0.4, 0.5) is 0 Å². The summed E-state index contributed by atoms with van der Waals surface area (Å²) < 4.78 is 5.32. The third-order valence-corrected chi connectivity index (χ3v) is 4.89. The van der Waals surface area contributed by atoms with E-state index in [1.54, 1.807) is 0 Å². The maximum Gasteiger partial charge on any atom is 0.326 e. The van der Waals surface area contributed by atoms with Crippen molar-refractivity contribution >= 4 is 29.1 Å². The molecule has 0 radical (unpaired) electrons. The van der Waals surface area contributed by atoms with Crippen LogP contribution < -0.4 is 10.6 Å². The van der Waals surface area contributed by atoms with Crippen LogP contribution in [0, 0.1) is 5.92 Å². The van der Waals surface area contributed by atoms with Crippen LogP contribution in [0.3, 0.4) is 0 Å². The third-order valence-electron chi connectivity index (χ3n) is 3.90. The summed E-state index contributed by atoms with van der Waals surface area (Å²) in [5.74, 6) is -1.94. The van der Waals surface area contributed by atoms with Gasteiger partial charge in [0.25, 0.3) is 0 Å². The van der Waals surface area contributed by atoms with Gasteiger partial charge < -0.3 is 20.5 Å². The average molecular weight is 354 g/mol. The molecule has 24 heavy (non-hydrogen) atoms. The third kappa shape index (κ3) is 5.31. The molecule has 1 aliphatic rings. The summed E-state index contributed by atoms with van der Waals surface area (Å²) in [7, 11) is 0. The van der Waals surface area contributed by atoms with Crippen molar-refractivity contribution < 1.29 is 24.2 Å². The molecule has 2 heterocycles. The number of hydrogen-bond donors (Lipinski definition) is 3. The van der Waals surface area contributed by atoms with E-state index >= 15 is 0 Å². The van der Waals surface area contributed by atoms with Crippen molar-refractivity contribution in [2.24, 2.45) is 5.92 Å². The molecule has 1 saturated heterocycles. The van der Waals surface area contributed by atoms with Crippen molar-refractivity contribution in [1.82, 2.24) is 10.6 Å². The monoisotopic (exact) mass is 354 g/mol. The largest absolute Gasteiger partial charge is 0.480 e. The minimum atomic E-state index is -1.06. The lowest BCUT2D eigenvalue weighted by Gasteiger charge is -2.28. The zero-order valence-electron chi connectivity index (χ0n) is 13.5. The van der Waals surface area contributed by atoms with Crippen molar-refractivity contribution in [3.63, 3.8) is 0 Å². The predicted molar refractivity (Wildman–Crippen MR) is 88.6 cm³/mol. The molecule has 1 aliphatic heterocycles. The Labute approximate surface area is 144 Å². The highest BCUT2D eigenvalue weighted by atomic mass is 32.1. The molecule has 0 aromatic carbocycles. The Balaban J connectivity index is 1.99. The molecule has 1 fully saturated rings. The maximum absolute atomic E-state index is 12.3. The molecule has 3 atom stereocenters. The van der Waals surface area contributed by atoms with Crippen molar-refractivity contribution in [2.45, 2.75) is 38.3 Å². The van der Waals surface area contributed by atoms with E-state index in [0.717, 1.165) is 11.3 Å². The molecular weight excluding hydrogens is 332 g/mol. The Hall–Kier alpha value is -1.93. The normalized spacial score (nSPS) is 20.0. The number of rotatable bonds is 7. The molecule has 1 aromatic heterocycles. The van der Waals surface area contributed by atoms with Gasteiger partial charge in [-0.2, -0.15) is 0 Å². The van der Waals surface area contributed by atoms with Gasteiger partial charge in [-0.15, -0.1) is 11.3 Å². The van der Waals surface area contributed by atoms with E-state index < -0.39 is 24.0 Å². The Morgan fingerprint density at radius 1 is 1.42 bits per heavy atom. The lowest BCUT2D eigenvalue weighted by atomic mass is 9.93. The Morgan fingerprint density at radius 3 is 2.75 bits per heavy atom. The van der Waals surface area contributed by atoms with Gasteiger partial charge in [-0.1, -0.05) is 6.07 Å². The molecule has 2 rings (SSSR count). The van der Waals surface area contributed by atoms with Gasteiger partial charge in [-0.25, -0.2) is 4.79 Å². The summed E-state index contributed by atoms with van der Waals surface area (Å²) in [4.78, 5) is 36.0. The highest BCUT2D eigenvalue weighted by Crippen LogP contribution is 2.23. The number of ether oxygens (including phenoxy) is 1. The zero-order valence-corrected chi connectivity index (χ0v) is 14.3. The first-order valence-corrected chi connectivity index (χ1v) is 8.75. The summed E-state index contributed by atoms with van der Waals surface area (Å²) in [6.45, 7) is 2.34. The smallest absolute Gasteiger partial charge is 0.326 e. The summed E-state index contributed by atoms with van der Waals surface area (Å²) in [5.41, 5.74) is 0. The van der Waals surface area contributed by atoms with E-state index in [0.29, 0.717) is 19.6 Å². The second-order valence-electron chi connectivity index (χ2n) is 5.83. The van der Waals surface area contributed by atoms with Gasteiger partial charge in [-0.3, -0.25) is 9.59 Å². The average Bonchev–Trinajstić information content (AvgIpc) is 3.06. The first-order chi connectivity index (χ1) is 11.5. The van der Waals surface area contributed by atoms with E-state index in [1.165, 1.54) is 18.3 Å². The van der Waals surface area contributed by atoms with Crippen molar-refractivity contribution in [3.8, 4) is 0 Å². The van der Waals surface area contributed by atoms with Crippen LogP contribution in [0.15, 0.2) is 17.5 Å². The number of hydrogen-bond acceptors (Lipinski definition) is 5. The predicted octanol–water partition coefficient (Wildman–Crippen LogP) is 1.31. The molecule has 3 unspecified atom stereocenters. The van der Waals surface area contributed by atoms with Crippen LogP contribution in [0.2, 0.25) is 0 Å². The number of carboxylic acids is 1. The number of carbonyl (C=O) groups excluding carboxylic acids is 2. The van der Waals surface area contributed by atoms with E-state index in [4.69, 9.17) is 4.74 Å². The van der Waals surface area contributed by atoms with Gasteiger partial charge in [-0.05, 0) is 24.3 Å². The van der Waals surface area contributed by atoms with Crippen LogP contribution in [-0.2, 0) is 19.1 Å². The molecule has 0 spiro atoms. The number of carbonyl (C=O) groups is 3. The lowest BCUT2D eigenvalue weighted by molar-refractivity contribution is -0.145. The molecule has 2 amide bonds. The molecule has 8 heteroatoms. The Kier molecular flexibility index (Phi) is 6.74. The maximum atomic E-state index is 12.3. The molecule has 0 aliphatic carbocycles. The fourth-order valence-corrected chi connectivity index (χ4v) is 3.56. The van der Waals surface area contributed by atoms with Gasteiger partial charge in [0, 0.05) is 24.3 Å². The van der Waals surface area contributed by atoms with E-state index in [-0.39, 0.29) is 18.2 Å². The van der Waals surface area contributed by atoms with Crippen LogP contribution in [0.5, 0.6) is 0 Å². The second kappa shape index (κ2) is 8.79. The minimum Gasteiger partial charge on any atom is -0.480 e. The van der Waals surface area contributed by atoms with E-state index in [2.05, 4.69) is 10.6 Å². The first-order valence-electron chi connectivity index (χ1n) is 7.87. The zero-order chi connectivity index (χ0) is 17.5. The molecule has 0 bridgehead atoms. The van der Waals surface area contributed by atoms with Crippen LogP contribution >= 0.6 is 11.3 Å². The Morgan fingerprint density at radius 2 is 2.21 bits per heavy atom. The molecule has 0 saturated carbocycles. The van der Waals surface area contributed by atoms with E-state index in [9.17, 15) is 19.5 Å². The molecule has 7 nitrogen and oxygen atoms in total. The lowest BCUT2D eigenvalue weighted by Crippen LogP contribution is -2.49. The number of nitrogens with one attached hydrogen (secondary N) is 2. The number of carboxylic acid groups (broad SMARTS) is 1. The minimum absolute atomic E-state index is 0.00253. The van der Waals surface area contributed by atoms with Gasteiger partial charge in [0.15, 0.2) is 0 Å². The number of thiophene rings is 1. The van der Waals surface area contributed by atoms with Crippen LogP contribution in [-0.4, -0.2) is 42.1 Å². The number of aliphatic carboxylic acids is 1. The van der Waals surface area contributed by atoms with Gasteiger partial charge in [0.2, 0.25) is 11.8 Å². The quantitative estimate of drug-likeness (QED) is 0.685. The highest BCUT2D eigenvalue weighted by Gasteiger charge is 2.32. The molecule has 1 aromatic rings. The number of amides is 2. The SMILES string of the molecule is CC(=O)NC(CC(=O)NC(C(=O)O)C1CCCOC1)c1cccs1. The van der Waals surface area contributed by atoms with Gasteiger partial charge in [0.1, 0.15) is 6.04 Å². The summed E-state index contributed by atoms with van der Waals surface area (Å²) in [6, 6.07) is 2.24.